The van der Waals surface area contributed by atoms with Gasteiger partial charge in [-0.15, -0.1) is 0 Å². The van der Waals surface area contributed by atoms with Crippen molar-refractivity contribution in [1.82, 2.24) is 0 Å². The van der Waals surface area contributed by atoms with Gasteiger partial charge in [0, 0.05) is 16.2 Å². The Morgan fingerprint density at radius 1 is 1.13 bits per heavy atom. The van der Waals surface area contributed by atoms with Crippen LogP contribution in [0.25, 0.3) is 0 Å². The van der Waals surface area contributed by atoms with Crippen LogP contribution < -0.4 is 15.4 Å². The molecule has 0 saturated heterocycles. The molecule has 23 heavy (non-hydrogen) atoms. The van der Waals surface area contributed by atoms with Crippen molar-refractivity contribution in [2.75, 3.05) is 17.2 Å². The summed E-state index contributed by atoms with van der Waals surface area (Å²) in [6, 6.07) is 12.2. The summed E-state index contributed by atoms with van der Waals surface area (Å²) < 4.78 is 6.48. The number of rotatable bonds is 5. The van der Waals surface area contributed by atoms with Crippen molar-refractivity contribution in [2.45, 2.75) is 6.92 Å². The molecule has 0 aliphatic rings. The van der Waals surface area contributed by atoms with Crippen molar-refractivity contribution < 1.29 is 14.3 Å². The van der Waals surface area contributed by atoms with E-state index >= 15 is 0 Å². The zero-order valence-electron chi connectivity index (χ0n) is 12.2. The minimum atomic E-state index is -0.322. The molecule has 0 heterocycles. The van der Waals surface area contributed by atoms with Gasteiger partial charge in [0.15, 0.2) is 6.61 Å². The molecule has 120 valence electrons. The van der Waals surface area contributed by atoms with Gasteiger partial charge in [-0.25, -0.2) is 0 Å². The van der Waals surface area contributed by atoms with E-state index in [2.05, 4.69) is 33.2 Å². The van der Waals surface area contributed by atoms with Crippen LogP contribution >= 0.6 is 34.2 Å². The highest BCUT2D eigenvalue weighted by atomic mass is 127. The standard InChI is InChI=1S/C16H14ClIN2O3/c1-10(21)19-12-4-7-15(14(17)8-12)20-16(22)9-23-13-5-2-11(18)3-6-13/h2-8H,9H2,1H3,(H,19,21)(H,20,22). The Kier molecular flexibility index (Phi) is 6.23. The molecular formula is C16H14ClIN2O3. The number of anilines is 2. The molecular weight excluding hydrogens is 431 g/mol. The minimum absolute atomic E-state index is 0.121. The second-order valence-corrected chi connectivity index (χ2v) is 6.32. The average Bonchev–Trinajstić information content (AvgIpc) is 2.49. The van der Waals surface area contributed by atoms with Crippen molar-refractivity contribution in [3.8, 4) is 5.75 Å². The molecule has 0 unspecified atom stereocenters. The van der Waals surface area contributed by atoms with E-state index in [9.17, 15) is 9.59 Å². The summed E-state index contributed by atoms with van der Waals surface area (Å²) in [5, 5.41) is 5.61. The first-order chi connectivity index (χ1) is 10.9. The van der Waals surface area contributed by atoms with Gasteiger partial charge in [0.25, 0.3) is 5.91 Å². The molecule has 5 nitrogen and oxygen atoms in total. The first kappa shape index (κ1) is 17.6. The lowest BCUT2D eigenvalue weighted by atomic mass is 10.2. The first-order valence-electron chi connectivity index (χ1n) is 6.69. The number of ether oxygens (including phenoxy) is 1. The van der Waals surface area contributed by atoms with Crippen LogP contribution in [0, 0.1) is 3.57 Å². The Bertz CT molecular complexity index is 720. The van der Waals surface area contributed by atoms with Gasteiger partial charge in [0.2, 0.25) is 5.91 Å². The van der Waals surface area contributed by atoms with Crippen molar-refractivity contribution in [3.05, 3.63) is 51.1 Å². The van der Waals surface area contributed by atoms with Gasteiger partial charge in [-0.05, 0) is 65.1 Å². The summed E-state index contributed by atoms with van der Waals surface area (Å²) >= 11 is 8.27. The highest BCUT2D eigenvalue weighted by molar-refractivity contribution is 14.1. The molecule has 0 radical (unpaired) electrons. The van der Waals surface area contributed by atoms with E-state index in [4.69, 9.17) is 16.3 Å². The lowest BCUT2D eigenvalue weighted by Crippen LogP contribution is -2.20. The smallest absolute Gasteiger partial charge is 0.262 e. The summed E-state index contributed by atoms with van der Waals surface area (Å²) in [7, 11) is 0. The lowest BCUT2D eigenvalue weighted by molar-refractivity contribution is -0.118. The molecule has 0 aliphatic heterocycles. The molecule has 0 spiro atoms. The topological polar surface area (TPSA) is 67.4 Å². The normalized spacial score (nSPS) is 10.0. The van der Waals surface area contributed by atoms with E-state index in [0.29, 0.717) is 22.1 Å². The number of nitrogens with one attached hydrogen (secondary N) is 2. The number of hydrogen-bond donors (Lipinski definition) is 2. The largest absolute Gasteiger partial charge is 0.484 e. The Morgan fingerprint density at radius 2 is 1.83 bits per heavy atom. The van der Waals surface area contributed by atoms with Gasteiger partial charge >= 0.3 is 0 Å². The van der Waals surface area contributed by atoms with Crippen LogP contribution in [0.15, 0.2) is 42.5 Å². The fourth-order valence-electron chi connectivity index (χ4n) is 1.76. The van der Waals surface area contributed by atoms with Crippen molar-refractivity contribution >= 4 is 57.4 Å². The Labute approximate surface area is 152 Å². The van der Waals surface area contributed by atoms with E-state index in [1.165, 1.54) is 6.92 Å². The molecule has 0 aromatic heterocycles. The first-order valence-corrected chi connectivity index (χ1v) is 8.15. The minimum Gasteiger partial charge on any atom is -0.484 e. The van der Waals surface area contributed by atoms with Crippen molar-refractivity contribution in [3.63, 3.8) is 0 Å². The molecule has 0 fully saturated rings. The van der Waals surface area contributed by atoms with Gasteiger partial charge < -0.3 is 15.4 Å². The van der Waals surface area contributed by atoms with E-state index in [1.54, 1.807) is 30.3 Å². The zero-order chi connectivity index (χ0) is 16.8. The van der Waals surface area contributed by atoms with Crippen LogP contribution in [0.1, 0.15) is 6.92 Å². The summed E-state index contributed by atoms with van der Waals surface area (Å²) in [6.45, 7) is 1.29. The molecule has 0 saturated carbocycles. The number of hydrogen-bond acceptors (Lipinski definition) is 3. The van der Waals surface area contributed by atoms with Crippen LogP contribution in [-0.2, 0) is 9.59 Å². The molecule has 2 aromatic carbocycles. The number of carbonyl (C=O) groups is 2. The van der Waals surface area contributed by atoms with Crippen molar-refractivity contribution in [1.29, 1.82) is 0 Å². The second kappa shape index (κ2) is 8.16. The molecule has 2 rings (SSSR count). The molecule has 7 heteroatoms. The maximum Gasteiger partial charge on any atom is 0.262 e. The predicted molar refractivity (Wildman–Crippen MR) is 99.0 cm³/mol. The maximum atomic E-state index is 11.9. The second-order valence-electron chi connectivity index (χ2n) is 4.67. The maximum absolute atomic E-state index is 11.9. The van der Waals surface area contributed by atoms with Gasteiger partial charge in [-0.2, -0.15) is 0 Å². The molecule has 2 aromatic rings. The van der Waals surface area contributed by atoms with Crippen molar-refractivity contribution in [2.24, 2.45) is 0 Å². The number of benzene rings is 2. The van der Waals surface area contributed by atoms with E-state index in [-0.39, 0.29) is 18.4 Å². The van der Waals surface area contributed by atoms with Crippen LogP contribution in [0.2, 0.25) is 5.02 Å². The quantitative estimate of drug-likeness (QED) is 0.687. The molecule has 0 bridgehead atoms. The van der Waals surface area contributed by atoms with Gasteiger partial charge in [-0.3, -0.25) is 9.59 Å². The Hall–Kier alpha value is -1.80. The van der Waals surface area contributed by atoms with Crippen LogP contribution in [0.4, 0.5) is 11.4 Å². The lowest BCUT2D eigenvalue weighted by Gasteiger charge is -2.10. The molecule has 2 N–H and O–H groups in total. The van der Waals surface area contributed by atoms with Gasteiger partial charge in [0.1, 0.15) is 5.75 Å². The predicted octanol–water partition coefficient (Wildman–Crippen LogP) is 3.92. The highest BCUT2D eigenvalue weighted by Gasteiger charge is 2.08. The molecule has 0 aliphatic carbocycles. The highest BCUT2D eigenvalue weighted by Crippen LogP contribution is 2.25. The summed E-state index contributed by atoms with van der Waals surface area (Å²) in [5.74, 6) is 0.106. The summed E-state index contributed by atoms with van der Waals surface area (Å²) in [4.78, 5) is 22.9. The third-order valence-corrected chi connectivity index (χ3v) is 3.78. The average molecular weight is 445 g/mol. The van der Waals surface area contributed by atoms with Crippen LogP contribution in [-0.4, -0.2) is 18.4 Å². The zero-order valence-corrected chi connectivity index (χ0v) is 15.1. The third kappa shape index (κ3) is 5.72. The number of amides is 2. The number of carbonyl (C=O) groups excluding carboxylic acids is 2. The molecule has 2 amide bonds. The van der Waals surface area contributed by atoms with Gasteiger partial charge in [-0.1, -0.05) is 11.6 Å². The fraction of sp³-hybridized carbons (Fsp3) is 0.125. The van der Waals surface area contributed by atoms with Crippen LogP contribution in [0.5, 0.6) is 5.75 Å². The third-order valence-electron chi connectivity index (χ3n) is 2.75. The SMILES string of the molecule is CC(=O)Nc1ccc(NC(=O)COc2ccc(I)cc2)c(Cl)c1. The summed E-state index contributed by atoms with van der Waals surface area (Å²) in [5.41, 5.74) is 1.02. The van der Waals surface area contributed by atoms with Crippen LogP contribution in [0.3, 0.4) is 0 Å². The Balaban J connectivity index is 1.92. The van der Waals surface area contributed by atoms with E-state index in [0.717, 1.165) is 3.57 Å². The van der Waals surface area contributed by atoms with E-state index < -0.39 is 0 Å². The summed E-state index contributed by atoms with van der Waals surface area (Å²) in [6.07, 6.45) is 0. The fourth-order valence-corrected chi connectivity index (χ4v) is 2.35. The number of halogens is 2. The van der Waals surface area contributed by atoms with E-state index in [1.807, 2.05) is 12.1 Å². The molecule has 0 atom stereocenters. The van der Waals surface area contributed by atoms with Gasteiger partial charge in [0.05, 0.1) is 10.7 Å². The Morgan fingerprint density at radius 3 is 2.43 bits per heavy atom. The monoisotopic (exact) mass is 444 g/mol.